The highest BCUT2D eigenvalue weighted by atomic mass is 35.5. The summed E-state index contributed by atoms with van der Waals surface area (Å²) in [4.78, 5) is 0. The third kappa shape index (κ3) is 2.01. The lowest BCUT2D eigenvalue weighted by molar-refractivity contribution is 0.617. The van der Waals surface area contributed by atoms with E-state index < -0.39 is 0 Å². The van der Waals surface area contributed by atoms with Gasteiger partial charge >= 0.3 is 0 Å². The molecule has 1 N–H and O–H groups in total. The predicted octanol–water partition coefficient (Wildman–Crippen LogP) is 3.49. The van der Waals surface area contributed by atoms with E-state index in [1.807, 2.05) is 19.2 Å². The molecule has 1 fully saturated rings. The monoisotopic (exact) mass is 243 g/mol. The maximum atomic E-state index is 6.02. The van der Waals surface area contributed by atoms with Gasteiger partial charge in [-0.25, -0.2) is 0 Å². The van der Waals surface area contributed by atoms with Gasteiger partial charge in [0.1, 0.15) is 0 Å². The molecule has 0 bridgehead atoms. The largest absolute Gasteiger partial charge is 0.319 e. The zero-order valence-electron chi connectivity index (χ0n) is 8.98. The fraction of sp³-hybridized carbons (Fsp3) is 0.500. The lowest BCUT2D eigenvalue weighted by Crippen LogP contribution is -2.15. The van der Waals surface area contributed by atoms with Crippen molar-refractivity contribution in [3.05, 3.63) is 33.8 Å². The van der Waals surface area contributed by atoms with E-state index in [1.54, 1.807) is 0 Å². The zero-order chi connectivity index (χ0) is 11.1. The van der Waals surface area contributed by atoms with Crippen molar-refractivity contribution in [1.82, 2.24) is 5.32 Å². The molecule has 1 aromatic carbocycles. The van der Waals surface area contributed by atoms with E-state index in [1.165, 1.54) is 12.0 Å². The summed E-state index contributed by atoms with van der Waals surface area (Å²) in [6, 6.07) is 5.97. The van der Waals surface area contributed by atoms with Gasteiger partial charge in [0.2, 0.25) is 0 Å². The Labute approximate surface area is 101 Å². The van der Waals surface area contributed by atoms with E-state index in [2.05, 4.69) is 18.3 Å². The minimum absolute atomic E-state index is 0.289. The van der Waals surface area contributed by atoms with Crippen molar-refractivity contribution in [3.63, 3.8) is 0 Å². The molecule has 2 atom stereocenters. The van der Waals surface area contributed by atoms with Crippen LogP contribution in [0.15, 0.2) is 18.2 Å². The van der Waals surface area contributed by atoms with Crippen molar-refractivity contribution in [2.75, 3.05) is 13.6 Å². The first kappa shape index (κ1) is 11.3. The summed E-state index contributed by atoms with van der Waals surface area (Å²) in [5.41, 5.74) is 1.59. The Hall–Kier alpha value is -0.240. The first-order chi connectivity index (χ1) is 7.08. The molecule has 1 aromatic rings. The summed E-state index contributed by atoms with van der Waals surface area (Å²) < 4.78 is 0. The maximum absolute atomic E-state index is 6.02. The maximum Gasteiger partial charge on any atom is 0.0595 e. The van der Waals surface area contributed by atoms with Gasteiger partial charge in [-0.1, -0.05) is 36.2 Å². The number of nitrogens with one attached hydrogen (secondary N) is 1. The number of hydrogen-bond donors (Lipinski definition) is 1. The van der Waals surface area contributed by atoms with Crippen molar-refractivity contribution in [1.29, 1.82) is 0 Å². The lowest BCUT2D eigenvalue weighted by Gasteiger charge is -2.12. The molecular weight excluding hydrogens is 229 g/mol. The Balaban J connectivity index is 2.21. The molecule has 1 aliphatic carbocycles. The Morgan fingerprint density at radius 1 is 1.40 bits per heavy atom. The molecule has 1 aliphatic rings. The van der Waals surface area contributed by atoms with E-state index >= 15 is 0 Å². The second-order valence-corrected chi connectivity index (χ2v) is 5.32. The average Bonchev–Trinajstić information content (AvgIpc) is 2.84. The molecule has 3 heteroatoms. The van der Waals surface area contributed by atoms with Crippen molar-refractivity contribution >= 4 is 23.2 Å². The topological polar surface area (TPSA) is 12.0 Å². The third-order valence-electron chi connectivity index (χ3n) is 3.44. The fourth-order valence-electron chi connectivity index (χ4n) is 2.20. The molecule has 82 valence electrons. The van der Waals surface area contributed by atoms with Gasteiger partial charge in [0.25, 0.3) is 0 Å². The van der Waals surface area contributed by atoms with Crippen molar-refractivity contribution in [2.24, 2.45) is 5.92 Å². The van der Waals surface area contributed by atoms with Crippen LogP contribution in [0.25, 0.3) is 0 Å². The minimum Gasteiger partial charge on any atom is -0.319 e. The van der Waals surface area contributed by atoms with Gasteiger partial charge in [-0.15, -0.1) is 0 Å². The Kier molecular flexibility index (Phi) is 2.98. The van der Waals surface area contributed by atoms with Crippen LogP contribution in [0.2, 0.25) is 10.0 Å². The average molecular weight is 244 g/mol. The van der Waals surface area contributed by atoms with Gasteiger partial charge in [0, 0.05) is 0 Å². The Bertz CT molecular complexity index is 378. The van der Waals surface area contributed by atoms with Crippen molar-refractivity contribution in [2.45, 2.75) is 18.8 Å². The fourth-order valence-corrected chi connectivity index (χ4v) is 2.50. The van der Waals surface area contributed by atoms with Gasteiger partial charge in [-0.2, -0.15) is 0 Å². The van der Waals surface area contributed by atoms with Gasteiger partial charge in [-0.3, -0.25) is 0 Å². The molecule has 2 unspecified atom stereocenters. The molecule has 0 heterocycles. The summed E-state index contributed by atoms with van der Waals surface area (Å²) in [6.07, 6.45) is 1.23. The smallest absolute Gasteiger partial charge is 0.0595 e. The van der Waals surface area contributed by atoms with E-state index in [0.717, 1.165) is 12.5 Å². The van der Waals surface area contributed by atoms with Gasteiger partial charge in [0.05, 0.1) is 10.0 Å². The van der Waals surface area contributed by atoms with E-state index in [4.69, 9.17) is 23.2 Å². The first-order valence-corrected chi connectivity index (χ1v) is 5.93. The molecule has 1 saturated carbocycles. The van der Waals surface area contributed by atoms with Gasteiger partial charge < -0.3 is 5.32 Å². The highest BCUT2D eigenvalue weighted by molar-refractivity contribution is 6.42. The third-order valence-corrected chi connectivity index (χ3v) is 4.18. The van der Waals surface area contributed by atoms with Crippen LogP contribution >= 0.6 is 23.2 Å². The standard InChI is InChI=1S/C12H15Cl2N/c1-12(6-9(12)7-15-2)8-3-4-10(13)11(14)5-8/h3-5,9,15H,6-7H2,1-2H3. The van der Waals surface area contributed by atoms with E-state index in [-0.39, 0.29) is 5.41 Å². The summed E-state index contributed by atoms with van der Waals surface area (Å²) in [5.74, 6) is 0.722. The number of hydrogen-bond acceptors (Lipinski definition) is 1. The van der Waals surface area contributed by atoms with Crippen LogP contribution in [-0.2, 0) is 5.41 Å². The van der Waals surface area contributed by atoms with E-state index in [9.17, 15) is 0 Å². The van der Waals surface area contributed by atoms with Crippen LogP contribution in [0.5, 0.6) is 0 Å². The molecular formula is C12H15Cl2N. The Morgan fingerprint density at radius 2 is 2.13 bits per heavy atom. The summed E-state index contributed by atoms with van der Waals surface area (Å²) in [7, 11) is 1.99. The Morgan fingerprint density at radius 3 is 2.73 bits per heavy atom. The van der Waals surface area contributed by atoms with Crippen LogP contribution < -0.4 is 5.32 Å². The second kappa shape index (κ2) is 3.97. The highest BCUT2D eigenvalue weighted by Gasteiger charge is 2.50. The van der Waals surface area contributed by atoms with Crippen LogP contribution in [0.3, 0.4) is 0 Å². The predicted molar refractivity (Wildman–Crippen MR) is 65.8 cm³/mol. The summed E-state index contributed by atoms with van der Waals surface area (Å²) in [5, 5.41) is 4.51. The quantitative estimate of drug-likeness (QED) is 0.858. The molecule has 0 radical (unpaired) electrons. The molecule has 15 heavy (non-hydrogen) atoms. The number of benzene rings is 1. The van der Waals surface area contributed by atoms with Crippen molar-refractivity contribution < 1.29 is 0 Å². The molecule has 1 nitrogen and oxygen atoms in total. The van der Waals surface area contributed by atoms with Crippen LogP contribution in [0.4, 0.5) is 0 Å². The van der Waals surface area contributed by atoms with Crippen LogP contribution in [-0.4, -0.2) is 13.6 Å². The first-order valence-electron chi connectivity index (χ1n) is 5.18. The van der Waals surface area contributed by atoms with Crippen molar-refractivity contribution in [3.8, 4) is 0 Å². The van der Waals surface area contributed by atoms with Gasteiger partial charge in [0.15, 0.2) is 0 Å². The highest BCUT2D eigenvalue weighted by Crippen LogP contribution is 2.54. The van der Waals surface area contributed by atoms with E-state index in [0.29, 0.717) is 10.0 Å². The zero-order valence-corrected chi connectivity index (χ0v) is 10.5. The molecule has 0 aromatic heterocycles. The SMILES string of the molecule is CNCC1CC1(C)c1ccc(Cl)c(Cl)c1. The summed E-state index contributed by atoms with van der Waals surface area (Å²) >= 11 is 11.9. The lowest BCUT2D eigenvalue weighted by atomic mass is 9.95. The molecule has 2 rings (SSSR count). The van der Waals surface area contributed by atoms with Crippen LogP contribution in [0.1, 0.15) is 18.9 Å². The number of rotatable bonds is 3. The minimum atomic E-state index is 0.289. The molecule has 0 saturated heterocycles. The normalized spacial score (nSPS) is 29.2. The number of halogens is 2. The van der Waals surface area contributed by atoms with Gasteiger partial charge in [-0.05, 0) is 49.0 Å². The molecule has 0 amide bonds. The molecule has 0 aliphatic heterocycles. The molecule has 0 spiro atoms. The second-order valence-electron chi connectivity index (χ2n) is 4.51. The summed E-state index contributed by atoms with van der Waals surface area (Å²) in [6.45, 7) is 3.35. The van der Waals surface area contributed by atoms with Crippen LogP contribution in [0, 0.1) is 5.92 Å².